The van der Waals surface area contributed by atoms with Crippen molar-refractivity contribution in [3.63, 3.8) is 0 Å². The first kappa shape index (κ1) is 8.15. The Balaban J connectivity index is 1.89. The van der Waals surface area contributed by atoms with E-state index in [1.54, 1.807) is 0 Å². The van der Waals surface area contributed by atoms with Gasteiger partial charge in [-0.2, -0.15) is 0 Å². The van der Waals surface area contributed by atoms with Crippen molar-refractivity contribution in [1.82, 2.24) is 0 Å². The number of epoxide rings is 1. The van der Waals surface area contributed by atoms with Crippen LogP contribution in [0, 0.1) is 0 Å². The van der Waals surface area contributed by atoms with Crippen molar-refractivity contribution in [2.45, 2.75) is 48.6 Å². The summed E-state index contributed by atoms with van der Waals surface area (Å²) >= 11 is 12.1. The molecule has 0 bridgehead atoms. The Labute approximate surface area is 77.0 Å². The molecule has 1 aliphatic carbocycles. The molecule has 2 rings (SSSR count). The highest BCUT2D eigenvalue weighted by molar-refractivity contribution is 6.29. The van der Waals surface area contributed by atoms with Gasteiger partial charge in [-0.25, -0.2) is 0 Å². The van der Waals surface area contributed by atoms with Gasteiger partial charge < -0.3 is 4.74 Å². The molecule has 1 saturated heterocycles. The van der Waals surface area contributed by atoms with Crippen molar-refractivity contribution in [2.24, 2.45) is 0 Å². The third-order valence-electron chi connectivity index (χ3n) is 2.53. The number of ether oxygens (including phenoxy) is 1. The number of hydrogen-bond donors (Lipinski definition) is 0. The summed E-state index contributed by atoms with van der Waals surface area (Å²) in [6.45, 7) is 0. The molecule has 1 nitrogen and oxygen atoms in total. The molecule has 3 heteroatoms. The maximum Gasteiger partial charge on any atom is 0.0842 e. The maximum absolute atomic E-state index is 6.04. The molecule has 4 atom stereocenters. The van der Waals surface area contributed by atoms with Crippen LogP contribution in [0.2, 0.25) is 0 Å². The van der Waals surface area contributed by atoms with E-state index >= 15 is 0 Å². The summed E-state index contributed by atoms with van der Waals surface area (Å²) in [6, 6.07) is 0. The van der Waals surface area contributed by atoms with Gasteiger partial charge in [0, 0.05) is 0 Å². The van der Waals surface area contributed by atoms with Crippen molar-refractivity contribution in [3.05, 3.63) is 0 Å². The van der Waals surface area contributed by atoms with Crippen LogP contribution in [0.15, 0.2) is 0 Å². The second-order valence-electron chi connectivity index (χ2n) is 3.40. The number of alkyl halides is 2. The molecule has 0 aromatic heterocycles. The van der Waals surface area contributed by atoms with E-state index in [1.807, 2.05) is 0 Å². The third kappa shape index (κ3) is 1.82. The molecule has 2 aliphatic rings. The Morgan fingerprint density at radius 2 is 1.27 bits per heavy atom. The largest absolute Gasteiger partial charge is 0.370 e. The zero-order valence-corrected chi connectivity index (χ0v) is 7.81. The van der Waals surface area contributed by atoms with Gasteiger partial charge in [0.05, 0.1) is 23.0 Å². The van der Waals surface area contributed by atoms with E-state index in [0.717, 1.165) is 25.7 Å². The highest BCUT2D eigenvalue weighted by Gasteiger charge is 2.40. The fourth-order valence-corrected chi connectivity index (χ4v) is 2.20. The number of halogens is 2. The van der Waals surface area contributed by atoms with Crippen LogP contribution >= 0.6 is 23.2 Å². The summed E-state index contributed by atoms with van der Waals surface area (Å²) in [5.41, 5.74) is 0. The Bertz CT molecular complexity index is 135. The van der Waals surface area contributed by atoms with Gasteiger partial charge >= 0.3 is 0 Å². The predicted octanol–water partition coefficient (Wildman–Crippen LogP) is 2.54. The normalized spacial score (nSPS) is 50.7. The van der Waals surface area contributed by atoms with E-state index in [4.69, 9.17) is 27.9 Å². The average molecular weight is 195 g/mol. The van der Waals surface area contributed by atoms with Crippen molar-refractivity contribution in [3.8, 4) is 0 Å². The minimum absolute atomic E-state index is 0.154. The van der Waals surface area contributed by atoms with Gasteiger partial charge in [0.2, 0.25) is 0 Å². The van der Waals surface area contributed by atoms with Gasteiger partial charge in [-0.15, -0.1) is 23.2 Å². The van der Waals surface area contributed by atoms with E-state index in [2.05, 4.69) is 0 Å². The van der Waals surface area contributed by atoms with Crippen molar-refractivity contribution in [2.75, 3.05) is 0 Å². The smallest absolute Gasteiger partial charge is 0.0842 e. The van der Waals surface area contributed by atoms with Crippen molar-refractivity contribution < 1.29 is 4.74 Å². The Hall–Kier alpha value is 0.540. The van der Waals surface area contributed by atoms with Gasteiger partial charge in [-0.1, -0.05) is 0 Å². The van der Waals surface area contributed by atoms with Gasteiger partial charge in [0.15, 0.2) is 0 Å². The molecule has 0 radical (unpaired) electrons. The molecule has 0 amide bonds. The zero-order valence-electron chi connectivity index (χ0n) is 6.30. The lowest BCUT2D eigenvalue weighted by molar-refractivity contribution is 0.358. The Morgan fingerprint density at radius 1 is 0.818 bits per heavy atom. The molecule has 1 heterocycles. The van der Waals surface area contributed by atoms with Crippen LogP contribution in [0.1, 0.15) is 25.7 Å². The molecule has 11 heavy (non-hydrogen) atoms. The summed E-state index contributed by atoms with van der Waals surface area (Å²) in [5.74, 6) is 0. The molecule has 0 aromatic carbocycles. The van der Waals surface area contributed by atoms with Crippen LogP contribution in [0.3, 0.4) is 0 Å². The van der Waals surface area contributed by atoms with Gasteiger partial charge in [-0.05, 0) is 25.7 Å². The van der Waals surface area contributed by atoms with Gasteiger partial charge in [0.1, 0.15) is 0 Å². The standard InChI is InChI=1S/C8H12Cl2O/c9-5-1-3-7-8(11-7)4-2-6(5)10/h5-8H,1-4H2. The van der Waals surface area contributed by atoms with Crippen LogP contribution in [-0.2, 0) is 4.74 Å². The molecule has 0 aromatic rings. The van der Waals surface area contributed by atoms with Crippen molar-refractivity contribution in [1.29, 1.82) is 0 Å². The minimum Gasteiger partial charge on any atom is -0.370 e. The molecule has 1 saturated carbocycles. The molecule has 0 spiro atoms. The summed E-state index contributed by atoms with van der Waals surface area (Å²) in [6.07, 6.45) is 5.25. The molecule has 64 valence electrons. The highest BCUT2D eigenvalue weighted by Crippen LogP contribution is 2.36. The lowest BCUT2D eigenvalue weighted by Crippen LogP contribution is -2.19. The van der Waals surface area contributed by atoms with Gasteiger partial charge in [0.25, 0.3) is 0 Å². The first-order valence-electron chi connectivity index (χ1n) is 4.21. The number of fused-ring (bicyclic) bond motifs is 1. The SMILES string of the molecule is ClC1CCC2OC2CCC1Cl. The number of hydrogen-bond acceptors (Lipinski definition) is 1. The average Bonchev–Trinajstić information content (AvgIpc) is 2.72. The summed E-state index contributed by atoms with van der Waals surface area (Å²) < 4.78 is 5.42. The highest BCUT2D eigenvalue weighted by atomic mass is 35.5. The second-order valence-corrected chi connectivity index (χ2v) is 4.52. The second kappa shape index (κ2) is 3.12. The lowest BCUT2D eigenvalue weighted by Gasteiger charge is -2.16. The Kier molecular flexibility index (Phi) is 2.31. The summed E-state index contributed by atoms with van der Waals surface area (Å²) in [5, 5.41) is 0.309. The van der Waals surface area contributed by atoms with Crippen LogP contribution in [0.25, 0.3) is 0 Å². The van der Waals surface area contributed by atoms with E-state index in [0.29, 0.717) is 12.2 Å². The quantitative estimate of drug-likeness (QED) is 0.427. The minimum atomic E-state index is 0.154. The van der Waals surface area contributed by atoms with E-state index in [1.165, 1.54) is 0 Å². The molecule has 0 N–H and O–H groups in total. The maximum atomic E-state index is 6.04. The van der Waals surface area contributed by atoms with E-state index in [-0.39, 0.29) is 10.8 Å². The fourth-order valence-electron chi connectivity index (χ4n) is 1.70. The first-order valence-corrected chi connectivity index (χ1v) is 5.08. The van der Waals surface area contributed by atoms with Gasteiger partial charge in [-0.3, -0.25) is 0 Å². The van der Waals surface area contributed by atoms with Crippen LogP contribution < -0.4 is 0 Å². The van der Waals surface area contributed by atoms with E-state index < -0.39 is 0 Å². The zero-order chi connectivity index (χ0) is 7.84. The van der Waals surface area contributed by atoms with E-state index in [9.17, 15) is 0 Å². The first-order chi connectivity index (χ1) is 5.27. The molecule has 2 fully saturated rings. The molecule has 1 aliphatic heterocycles. The van der Waals surface area contributed by atoms with Crippen molar-refractivity contribution >= 4 is 23.2 Å². The Morgan fingerprint density at radius 3 is 1.73 bits per heavy atom. The lowest BCUT2D eigenvalue weighted by atomic mass is 10.0. The number of rotatable bonds is 0. The summed E-state index contributed by atoms with van der Waals surface area (Å²) in [7, 11) is 0. The van der Waals surface area contributed by atoms with Crippen LogP contribution in [-0.4, -0.2) is 23.0 Å². The predicted molar refractivity (Wildman–Crippen MR) is 46.4 cm³/mol. The molecular formula is C8H12Cl2O. The summed E-state index contributed by atoms with van der Waals surface area (Å²) in [4.78, 5) is 0. The third-order valence-corrected chi connectivity index (χ3v) is 3.71. The monoisotopic (exact) mass is 194 g/mol. The topological polar surface area (TPSA) is 12.5 Å². The molecule has 4 unspecified atom stereocenters. The van der Waals surface area contributed by atoms with Crippen LogP contribution in [0.4, 0.5) is 0 Å². The van der Waals surface area contributed by atoms with Crippen LogP contribution in [0.5, 0.6) is 0 Å². The fraction of sp³-hybridized carbons (Fsp3) is 1.00. The molecular weight excluding hydrogens is 183 g/mol.